The Bertz CT molecular complexity index is 446. The summed E-state index contributed by atoms with van der Waals surface area (Å²) in [5.41, 5.74) is -0.427. The first kappa shape index (κ1) is 13.1. The van der Waals surface area contributed by atoms with E-state index in [1.807, 2.05) is 13.8 Å². The Balaban J connectivity index is 2.91. The van der Waals surface area contributed by atoms with Crippen LogP contribution < -0.4 is 5.32 Å². The summed E-state index contributed by atoms with van der Waals surface area (Å²) in [7, 11) is 0. The number of rotatable bonds is 4. The number of hydrogen-bond acceptors (Lipinski definition) is 3. The van der Waals surface area contributed by atoms with E-state index in [0.29, 0.717) is 0 Å². The van der Waals surface area contributed by atoms with Crippen LogP contribution in [0.1, 0.15) is 20.3 Å². The Kier molecular flexibility index (Phi) is 4.14. The van der Waals surface area contributed by atoms with E-state index in [9.17, 15) is 19.3 Å². The van der Waals surface area contributed by atoms with Gasteiger partial charge < -0.3 is 5.32 Å². The number of carbonyl (C=O) groups excluding carboxylic acids is 1. The maximum absolute atomic E-state index is 12.8. The van der Waals surface area contributed by atoms with Crippen molar-refractivity contribution < 1.29 is 14.1 Å². The van der Waals surface area contributed by atoms with Crippen LogP contribution in [0.3, 0.4) is 0 Å². The number of hydrogen-bond donors (Lipinski definition) is 1. The van der Waals surface area contributed by atoms with Gasteiger partial charge in [0.05, 0.1) is 11.0 Å². The van der Waals surface area contributed by atoms with Crippen LogP contribution in [0.25, 0.3) is 0 Å². The third-order valence-corrected chi connectivity index (χ3v) is 2.02. The molecular weight excluding hydrogens is 227 g/mol. The fourth-order valence-electron chi connectivity index (χ4n) is 1.33. The third kappa shape index (κ3) is 3.82. The van der Waals surface area contributed by atoms with Gasteiger partial charge in [-0.3, -0.25) is 14.9 Å². The van der Waals surface area contributed by atoms with Crippen LogP contribution in [0, 0.1) is 21.8 Å². The van der Waals surface area contributed by atoms with Gasteiger partial charge in [0.15, 0.2) is 0 Å². The second-order valence-corrected chi connectivity index (χ2v) is 4.06. The number of carbonyl (C=O) groups is 1. The molecule has 0 aromatic heterocycles. The zero-order chi connectivity index (χ0) is 13.0. The number of nitro benzene ring substituents is 1. The highest BCUT2D eigenvalue weighted by Gasteiger charge is 2.17. The van der Waals surface area contributed by atoms with Crippen LogP contribution in [-0.4, -0.2) is 10.8 Å². The quantitative estimate of drug-likeness (QED) is 0.649. The minimum absolute atomic E-state index is 0.0158. The number of nitrogens with one attached hydrogen (secondary N) is 1. The molecular formula is C11H13FN2O3. The monoisotopic (exact) mass is 240 g/mol. The fourth-order valence-corrected chi connectivity index (χ4v) is 1.33. The first-order valence-electron chi connectivity index (χ1n) is 5.14. The minimum Gasteiger partial charge on any atom is -0.320 e. The van der Waals surface area contributed by atoms with E-state index in [2.05, 4.69) is 5.32 Å². The van der Waals surface area contributed by atoms with Crippen molar-refractivity contribution in [2.24, 2.45) is 5.92 Å². The molecule has 17 heavy (non-hydrogen) atoms. The molecule has 1 amide bonds. The molecule has 6 heteroatoms. The Morgan fingerprint density at radius 3 is 2.71 bits per heavy atom. The lowest BCUT2D eigenvalue weighted by Gasteiger charge is -2.07. The fraction of sp³-hybridized carbons (Fsp3) is 0.364. The van der Waals surface area contributed by atoms with Crippen molar-refractivity contribution in [3.63, 3.8) is 0 Å². The maximum Gasteiger partial charge on any atom is 0.295 e. The number of nitro groups is 1. The van der Waals surface area contributed by atoms with Crippen molar-refractivity contribution in [2.45, 2.75) is 20.3 Å². The highest BCUT2D eigenvalue weighted by atomic mass is 19.1. The minimum atomic E-state index is -0.728. The van der Waals surface area contributed by atoms with Crippen LogP contribution in [0.5, 0.6) is 0 Å². The molecule has 0 fully saturated rings. The molecule has 0 bridgehead atoms. The summed E-state index contributed by atoms with van der Waals surface area (Å²) < 4.78 is 12.8. The van der Waals surface area contributed by atoms with Gasteiger partial charge in [0, 0.05) is 6.42 Å². The van der Waals surface area contributed by atoms with Crippen molar-refractivity contribution in [1.29, 1.82) is 0 Å². The van der Waals surface area contributed by atoms with E-state index in [1.165, 1.54) is 6.07 Å². The van der Waals surface area contributed by atoms with E-state index in [-0.39, 0.29) is 23.9 Å². The lowest BCUT2D eigenvalue weighted by molar-refractivity contribution is -0.384. The number of benzene rings is 1. The Morgan fingerprint density at radius 2 is 2.18 bits per heavy atom. The first-order valence-corrected chi connectivity index (χ1v) is 5.14. The average Bonchev–Trinajstić information content (AvgIpc) is 2.19. The summed E-state index contributed by atoms with van der Waals surface area (Å²) in [6.45, 7) is 3.72. The topological polar surface area (TPSA) is 72.2 Å². The number of halogens is 1. The van der Waals surface area contributed by atoms with Crippen molar-refractivity contribution >= 4 is 17.3 Å². The second kappa shape index (κ2) is 5.38. The molecule has 1 N–H and O–H groups in total. The van der Waals surface area contributed by atoms with Gasteiger partial charge in [0.2, 0.25) is 5.91 Å². The summed E-state index contributed by atoms with van der Waals surface area (Å²) in [5, 5.41) is 13.1. The summed E-state index contributed by atoms with van der Waals surface area (Å²) in [6.07, 6.45) is 0.258. The molecule has 0 radical (unpaired) electrons. The van der Waals surface area contributed by atoms with Gasteiger partial charge in [-0.1, -0.05) is 13.8 Å². The molecule has 0 atom stereocenters. The van der Waals surface area contributed by atoms with Crippen LogP contribution >= 0.6 is 0 Å². The van der Waals surface area contributed by atoms with Crippen molar-refractivity contribution in [1.82, 2.24) is 0 Å². The van der Waals surface area contributed by atoms with E-state index in [0.717, 1.165) is 12.1 Å². The molecule has 92 valence electrons. The molecule has 0 saturated heterocycles. The van der Waals surface area contributed by atoms with Gasteiger partial charge in [0.1, 0.15) is 11.5 Å². The summed E-state index contributed by atoms with van der Waals surface area (Å²) in [4.78, 5) is 21.4. The van der Waals surface area contributed by atoms with E-state index in [4.69, 9.17) is 0 Å². The molecule has 1 rings (SSSR count). The Morgan fingerprint density at radius 1 is 1.53 bits per heavy atom. The normalized spacial score (nSPS) is 10.4. The highest BCUT2D eigenvalue weighted by Crippen LogP contribution is 2.25. The number of anilines is 1. The molecule has 1 aromatic carbocycles. The molecule has 0 aliphatic rings. The Hall–Kier alpha value is -1.98. The van der Waals surface area contributed by atoms with Gasteiger partial charge in [-0.15, -0.1) is 0 Å². The lowest BCUT2D eigenvalue weighted by atomic mass is 10.1. The molecule has 1 aromatic rings. The molecule has 0 unspecified atom stereocenters. The number of amides is 1. The van der Waals surface area contributed by atoms with Gasteiger partial charge in [0.25, 0.3) is 5.69 Å². The lowest BCUT2D eigenvalue weighted by Crippen LogP contribution is -2.14. The van der Waals surface area contributed by atoms with E-state index < -0.39 is 16.4 Å². The third-order valence-electron chi connectivity index (χ3n) is 2.02. The van der Waals surface area contributed by atoms with E-state index >= 15 is 0 Å². The van der Waals surface area contributed by atoms with Gasteiger partial charge in [-0.05, 0) is 18.1 Å². The smallest absolute Gasteiger partial charge is 0.295 e. The predicted molar refractivity (Wildman–Crippen MR) is 61.1 cm³/mol. The van der Waals surface area contributed by atoms with Crippen molar-refractivity contribution in [3.8, 4) is 0 Å². The molecule has 0 heterocycles. The molecule has 0 spiro atoms. The van der Waals surface area contributed by atoms with Crippen molar-refractivity contribution in [2.75, 3.05) is 5.32 Å². The molecule has 0 aliphatic carbocycles. The average molecular weight is 240 g/mol. The predicted octanol–water partition coefficient (Wildman–Crippen LogP) is 2.72. The summed E-state index contributed by atoms with van der Waals surface area (Å²) in [5.74, 6) is -0.886. The number of nitrogens with zero attached hydrogens (tertiary/aromatic N) is 1. The van der Waals surface area contributed by atoms with Crippen LogP contribution in [0.4, 0.5) is 15.8 Å². The molecule has 0 aliphatic heterocycles. The van der Waals surface area contributed by atoms with Gasteiger partial charge >= 0.3 is 0 Å². The zero-order valence-corrected chi connectivity index (χ0v) is 9.57. The SMILES string of the molecule is CC(C)CC(=O)Nc1ccc(F)cc1[N+](=O)[O-]. The summed E-state index contributed by atoms with van der Waals surface area (Å²) >= 11 is 0. The first-order chi connectivity index (χ1) is 7.90. The highest BCUT2D eigenvalue weighted by molar-refractivity contribution is 5.93. The van der Waals surface area contributed by atoms with E-state index in [1.54, 1.807) is 0 Å². The molecule has 0 saturated carbocycles. The zero-order valence-electron chi connectivity index (χ0n) is 9.57. The maximum atomic E-state index is 12.8. The Labute approximate surface area is 97.8 Å². The largest absolute Gasteiger partial charge is 0.320 e. The van der Waals surface area contributed by atoms with Crippen molar-refractivity contribution in [3.05, 3.63) is 34.1 Å². The molecule has 5 nitrogen and oxygen atoms in total. The van der Waals surface area contributed by atoms with Gasteiger partial charge in [-0.25, -0.2) is 4.39 Å². The standard InChI is InChI=1S/C11H13FN2O3/c1-7(2)5-11(15)13-9-4-3-8(12)6-10(9)14(16)17/h3-4,6-7H,5H2,1-2H3,(H,13,15). The second-order valence-electron chi connectivity index (χ2n) is 4.06. The summed E-state index contributed by atoms with van der Waals surface area (Å²) in [6, 6.07) is 3.04. The van der Waals surface area contributed by atoms with Gasteiger partial charge in [-0.2, -0.15) is 0 Å². The van der Waals surface area contributed by atoms with Crippen LogP contribution in [-0.2, 0) is 4.79 Å². The van der Waals surface area contributed by atoms with Crippen LogP contribution in [0.2, 0.25) is 0 Å². The van der Waals surface area contributed by atoms with Crippen LogP contribution in [0.15, 0.2) is 18.2 Å².